The number of H-pyrrole nitrogens is 1. The standard InChI is InChI=1S/C15H17N5O3S/c1-9-5-10(6-11(23-2)14(9)21)7-12-15(22)20(3-4-24-12)8-13-16-18-19-17-13/h5-7,21H,3-4,8H2,1-2H3,(H,16,17,18,19). The summed E-state index contributed by atoms with van der Waals surface area (Å²) in [5.41, 5.74) is 1.50. The van der Waals surface area contributed by atoms with E-state index in [-0.39, 0.29) is 11.7 Å². The molecule has 2 aromatic rings. The van der Waals surface area contributed by atoms with E-state index in [0.717, 1.165) is 11.3 Å². The summed E-state index contributed by atoms with van der Waals surface area (Å²) in [5, 5.41) is 23.4. The number of carbonyl (C=O) groups excluding carboxylic acids is 1. The van der Waals surface area contributed by atoms with Crippen LogP contribution in [0.3, 0.4) is 0 Å². The zero-order valence-electron chi connectivity index (χ0n) is 13.3. The van der Waals surface area contributed by atoms with Crippen molar-refractivity contribution < 1.29 is 14.6 Å². The number of tetrazole rings is 1. The molecule has 1 aromatic heterocycles. The van der Waals surface area contributed by atoms with Gasteiger partial charge in [0, 0.05) is 12.3 Å². The van der Waals surface area contributed by atoms with Crippen LogP contribution in [0, 0.1) is 6.92 Å². The molecule has 0 spiro atoms. The van der Waals surface area contributed by atoms with Gasteiger partial charge >= 0.3 is 0 Å². The number of aromatic nitrogens is 4. The largest absolute Gasteiger partial charge is 0.504 e. The van der Waals surface area contributed by atoms with Crippen molar-refractivity contribution in [2.24, 2.45) is 0 Å². The Hall–Kier alpha value is -2.55. The predicted molar refractivity (Wildman–Crippen MR) is 89.4 cm³/mol. The highest BCUT2D eigenvalue weighted by molar-refractivity contribution is 8.04. The zero-order valence-corrected chi connectivity index (χ0v) is 14.1. The SMILES string of the molecule is COc1cc(C=C2SCCN(Cc3nnn[nH]3)C2=O)cc(C)c1O. The number of aryl methyl sites for hydroxylation is 1. The lowest BCUT2D eigenvalue weighted by atomic mass is 10.1. The van der Waals surface area contributed by atoms with Gasteiger partial charge in [0.1, 0.15) is 0 Å². The van der Waals surface area contributed by atoms with Gasteiger partial charge in [-0.2, -0.15) is 0 Å². The third-order valence-electron chi connectivity index (χ3n) is 3.65. The highest BCUT2D eigenvalue weighted by atomic mass is 32.2. The lowest BCUT2D eigenvalue weighted by Gasteiger charge is -2.27. The maximum atomic E-state index is 12.6. The summed E-state index contributed by atoms with van der Waals surface area (Å²) in [6, 6.07) is 3.53. The van der Waals surface area contributed by atoms with Crippen molar-refractivity contribution in [2.75, 3.05) is 19.4 Å². The summed E-state index contributed by atoms with van der Waals surface area (Å²) in [5.74, 6) is 1.79. The number of benzene rings is 1. The number of aromatic hydroxyl groups is 1. The van der Waals surface area contributed by atoms with E-state index in [1.165, 1.54) is 18.9 Å². The number of nitrogens with one attached hydrogen (secondary N) is 1. The molecule has 9 heteroatoms. The van der Waals surface area contributed by atoms with Crippen LogP contribution in [0.1, 0.15) is 17.0 Å². The van der Waals surface area contributed by atoms with Crippen LogP contribution in [-0.2, 0) is 11.3 Å². The molecule has 8 nitrogen and oxygen atoms in total. The van der Waals surface area contributed by atoms with E-state index in [0.29, 0.717) is 35.1 Å². The molecule has 0 saturated carbocycles. The van der Waals surface area contributed by atoms with Crippen molar-refractivity contribution in [3.05, 3.63) is 34.0 Å². The molecule has 0 aliphatic carbocycles. The van der Waals surface area contributed by atoms with E-state index < -0.39 is 0 Å². The van der Waals surface area contributed by atoms with Crippen molar-refractivity contribution in [3.63, 3.8) is 0 Å². The third-order valence-corrected chi connectivity index (χ3v) is 4.64. The van der Waals surface area contributed by atoms with Crippen molar-refractivity contribution in [1.29, 1.82) is 0 Å². The Kier molecular flexibility index (Phi) is 4.70. The van der Waals surface area contributed by atoms with Crippen LogP contribution < -0.4 is 4.74 Å². The smallest absolute Gasteiger partial charge is 0.260 e. The summed E-state index contributed by atoms with van der Waals surface area (Å²) >= 11 is 1.51. The minimum absolute atomic E-state index is 0.0626. The molecule has 2 heterocycles. The monoisotopic (exact) mass is 347 g/mol. The molecular formula is C15H17N5O3S. The molecule has 1 fully saturated rings. The number of hydrogen-bond acceptors (Lipinski definition) is 7. The molecule has 3 rings (SSSR count). The van der Waals surface area contributed by atoms with Crippen molar-refractivity contribution in [2.45, 2.75) is 13.5 Å². The minimum atomic E-state index is -0.0626. The van der Waals surface area contributed by atoms with Gasteiger partial charge in [0.25, 0.3) is 5.91 Å². The van der Waals surface area contributed by atoms with Crippen LogP contribution in [0.5, 0.6) is 11.5 Å². The van der Waals surface area contributed by atoms with Gasteiger partial charge in [-0.15, -0.1) is 16.9 Å². The van der Waals surface area contributed by atoms with Gasteiger partial charge in [-0.3, -0.25) is 4.79 Å². The number of amides is 1. The fraction of sp³-hybridized carbons (Fsp3) is 0.333. The first-order valence-electron chi connectivity index (χ1n) is 7.32. The highest BCUT2D eigenvalue weighted by Crippen LogP contribution is 2.33. The second kappa shape index (κ2) is 6.91. The normalized spacial score (nSPS) is 16.7. The van der Waals surface area contributed by atoms with Gasteiger partial charge in [0.05, 0.1) is 18.6 Å². The number of thioether (sulfide) groups is 1. The summed E-state index contributed by atoms with van der Waals surface area (Å²) < 4.78 is 5.17. The van der Waals surface area contributed by atoms with E-state index in [9.17, 15) is 9.90 Å². The predicted octanol–water partition coefficient (Wildman–Crippen LogP) is 1.34. The van der Waals surface area contributed by atoms with Gasteiger partial charge in [0.15, 0.2) is 17.3 Å². The number of rotatable bonds is 4. The fourth-order valence-electron chi connectivity index (χ4n) is 2.43. The molecule has 1 amide bonds. The van der Waals surface area contributed by atoms with Crippen LogP contribution in [0.2, 0.25) is 0 Å². The number of phenolic OH excluding ortho intramolecular Hbond substituents is 1. The van der Waals surface area contributed by atoms with E-state index in [1.54, 1.807) is 17.9 Å². The van der Waals surface area contributed by atoms with Crippen molar-refractivity contribution in [1.82, 2.24) is 25.5 Å². The van der Waals surface area contributed by atoms with Crippen LogP contribution >= 0.6 is 11.8 Å². The summed E-state index contributed by atoms with van der Waals surface area (Å²) in [4.78, 5) is 15.0. The second-order valence-corrected chi connectivity index (χ2v) is 6.46. The molecule has 1 aliphatic rings. The van der Waals surface area contributed by atoms with Crippen molar-refractivity contribution in [3.8, 4) is 11.5 Å². The number of carbonyl (C=O) groups is 1. The number of aromatic amines is 1. The van der Waals surface area contributed by atoms with Gasteiger partial charge in [0.2, 0.25) is 0 Å². The van der Waals surface area contributed by atoms with Crippen LogP contribution in [0.4, 0.5) is 0 Å². The van der Waals surface area contributed by atoms with E-state index in [1.807, 2.05) is 12.1 Å². The Bertz CT molecular complexity index is 776. The number of methoxy groups -OCH3 is 1. The minimum Gasteiger partial charge on any atom is -0.504 e. The molecule has 1 saturated heterocycles. The number of phenols is 1. The average Bonchev–Trinajstić information content (AvgIpc) is 3.07. The van der Waals surface area contributed by atoms with Gasteiger partial charge in [-0.05, 0) is 46.7 Å². The Morgan fingerprint density at radius 3 is 3.04 bits per heavy atom. The first kappa shape index (κ1) is 16.3. The topological polar surface area (TPSA) is 104 Å². The first-order chi connectivity index (χ1) is 11.6. The molecule has 0 radical (unpaired) electrons. The Balaban J connectivity index is 1.84. The second-order valence-electron chi connectivity index (χ2n) is 5.32. The third kappa shape index (κ3) is 3.35. The van der Waals surface area contributed by atoms with Gasteiger partial charge < -0.3 is 14.7 Å². The number of hydrogen-bond donors (Lipinski definition) is 2. The maximum absolute atomic E-state index is 12.6. The Morgan fingerprint density at radius 2 is 2.33 bits per heavy atom. The number of ether oxygens (including phenoxy) is 1. The lowest BCUT2D eigenvalue weighted by Crippen LogP contribution is -2.36. The molecule has 24 heavy (non-hydrogen) atoms. The molecule has 1 aromatic carbocycles. The van der Waals surface area contributed by atoms with Crippen LogP contribution in [0.15, 0.2) is 17.0 Å². The molecule has 126 valence electrons. The highest BCUT2D eigenvalue weighted by Gasteiger charge is 2.25. The van der Waals surface area contributed by atoms with Gasteiger partial charge in [-0.1, -0.05) is 0 Å². The lowest BCUT2D eigenvalue weighted by molar-refractivity contribution is -0.127. The maximum Gasteiger partial charge on any atom is 0.260 e. The van der Waals surface area contributed by atoms with E-state index in [4.69, 9.17) is 4.74 Å². The van der Waals surface area contributed by atoms with Crippen LogP contribution in [-0.4, -0.2) is 55.9 Å². The van der Waals surface area contributed by atoms with Gasteiger partial charge in [-0.25, -0.2) is 5.10 Å². The zero-order chi connectivity index (χ0) is 17.1. The average molecular weight is 347 g/mol. The van der Waals surface area contributed by atoms with Crippen LogP contribution in [0.25, 0.3) is 6.08 Å². The molecule has 0 bridgehead atoms. The van der Waals surface area contributed by atoms with Crippen molar-refractivity contribution >= 4 is 23.7 Å². The summed E-state index contributed by atoms with van der Waals surface area (Å²) in [7, 11) is 1.50. The first-order valence-corrected chi connectivity index (χ1v) is 8.31. The Labute approximate surface area is 142 Å². The Morgan fingerprint density at radius 1 is 1.50 bits per heavy atom. The quantitative estimate of drug-likeness (QED) is 0.804. The fourth-order valence-corrected chi connectivity index (χ4v) is 3.43. The molecule has 1 aliphatic heterocycles. The summed E-state index contributed by atoms with van der Waals surface area (Å²) in [6.07, 6.45) is 1.81. The molecule has 2 N–H and O–H groups in total. The van der Waals surface area contributed by atoms with E-state index >= 15 is 0 Å². The summed E-state index contributed by atoms with van der Waals surface area (Å²) in [6.45, 7) is 2.78. The van der Waals surface area contributed by atoms with E-state index in [2.05, 4.69) is 20.6 Å². The molecule has 0 unspecified atom stereocenters. The molecule has 0 atom stereocenters. The number of nitrogens with zero attached hydrogens (tertiary/aromatic N) is 4. The molecular weight excluding hydrogens is 330 g/mol.